The number of rotatable bonds is 5. The molecule has 1 aromatic heterocycles. The molecule has 0 saturated heterocycles. The van der Waals surface area contributed by atoms with E-state index in [2.05, 4.69) is 16.5 Å². The third kappa shape index (κ3) is 4.10. The molecule has 1 heterocycles. The number of ether oxygens (including phenoxy) is 1. The van der Waals surface area contributed by atoms with Crippen molar-refractivity contribution in [3.05, 3.63) is 41.0 Å². The number of aromatic nitrogens is 2. The molecule has 8 nitrogen and oxygen atoms in total. The number of nitrogens with two attached hydrogens (primary N) is 1. The lowest BCUT2D eigenvalue weighted by molar-refractivity contribution is -0.147. The smallest absolute Gasteiger partial charge is 0.308 e. The maximum atomic E-state index is 11.9. The van der Waals surface area contributed by atoms with Crippen molar-refractivity contribution in [1.29, 1.82) is 5.26 Å². The number of carbonyl (C=O) groups is 2. The second kappa shape index (κ2) is 8.31. The van der Waals surface area contributed by atoms with Crippen LogP contribution in [-0.4, -0.2) is 28.8 Å². The van der Waals surface area contributed by atoms with Gasteiger partial charge in [-0.3, -0.25) is 14.3 Å². The lowest BCUT2D eigenvalue weighted by Gasteiger charge is -2.31. The van der Waals surface area contributed by atoms with Gasteiger partial charge in [-0.1, -0.05) is 11.6 Å². The number of benzene rings is 1. The van der Waals surface area contributed by atoms with Crippen molar-refractivity contribution in [1.82, 2.24) is 9.78 Å². The first kappa shape index (κ1) is 19.7. The summed E-state index contributed by atoms with van der Waals surface area (Å²) in [6.07, 6.45) is 3.09. The summed E-state index contributed by atoms with van der Waals surface area (Å²) in [6, 6.07) is 8.93. The lowest BCUT2D eigenvalue weighted by atomic mass is 9.78. The summed E-state index contributed by atoms with van der Waals surface area (Å²) in [6.45, 7) is 0. The Kier molecular flexibility index (Phi) is 5.85. The zero-order valence-corrected chi connectivity index (χ0v) is 16.0. The van der Waals surface area contributed by atoms with Crippen LogP contribution in [0.4, 0.5) is 11.5 Å². The van der Waals surface area contributed by atoms with Crippen molar-refractivity contribution in [2.45, 2.75) is 25.3 Å². The molecule has 1 aliphatic rings. The minimum Gasteiger partial charge on any atom is -0.469 e. The zero-order valence-electron chi connectivity index (χ0n) is 15.3. The van der Waals surface area contributed by atoms with Crippen molar-refractivity contribution in [3.8, 4) is 6.07 Å². The molecule has 2 aromatic rings. The number of primary amides is 1. The Morgan fingerprint density at radius 1 is 1.36 bits per heavy atom. The second-order valence-corrected chi connectivity index (χ2v) is 7.14. The molecule has 0 aliphatic heterocycles. The molecule has 1 aliphatic carbocycles. The molecular formula is C19H20ClN5O3. The number of methoxy groups -OCH3 is 1. The Morgan fingerprint density at radius 2 is 2.07 bits per heavy atom. The predicted molar refractivity (Wildman–Crippen MR) is 103 cm³/mol. The lowest BCUT2D eigenvalue weighted by Crippen LogP contribution is -2.31. The minimum atomic E-state index is -0.625. The number of nitrogens with one attached hydrogen (secondary N) is 1. The second-order valence-electron chi connectivity index (χ2n) is 6.70. The molecule has 28 heavy (non-hydrogen) atoms. The van der Waals surface area contributed by atoms with Crippen LogP contribution in [0.2, 0.25) is 5.02 Å². The quantitative estimate of drug-likeness (QED) is 0.742. The minimum absolute atomic E-state index is 0.224. The molecule has 3 N–H and O–H groups in total. The van der Waals surface area contributed by atoms with Gasteiger partial charge in [0.1, 0.15) is 5.56 Å². The summed E-state index contributed by atoms with van der Waals surface area (Å²) >= 11 is 5.89. The molecule has 9 heteroatoms. The fourth-order valence-electron chi connectivity index (χ4n) is 3.49. The highest BCUT2D eigenvalue weighted by Gasteiger charge is 2.36. The van der Waals surface area contributed by atoms with E-state index in [1.54, 1.807) is 35.1 Å². The Hall–Kier alpha value is -3.05. The van der Waals surface area contributed by atoms with Crippen LogP contribution in [0.15, 0.2) is 30.5 Å². The molecule has 1 aromatic carbocycles. The molecule has 0 spiro atoms. The van der Waals surface area contributed by atoms with E-state index in [9.17, 15) is 14.9 Å². The fraction of sp³-hybridized carbons (Fsp3) is 0.368. The maximum Gasteiger partial charge on any atom is 0.308 e. The highest BCUT2D eigenvalue weighted by molar-refractivity contribution is 6.30. The van der Waals surface area contributed by atoms with Gasteiger partial charge >= 0.3 is 5.97 Å². The van der Waals surface area contributed by atoms with E-state index in [1.807, 2.05) is 0 Å². The van der Waals surface area contributed by atoms with Crippen LogP contribution in [0, 0.1) is 23.2 Å². The Bertz CT molecular complexity index is 919. The van der Waals surface area contributed by atoms with Crippen molar-refractivity contribution in [2.75, 3.05) is 12.4 Å². The van der Waals surface area contributed by atoms with E-state index in [-0.39, 0.29) is 23.5 Å². The first-order valence-corrected chi connectivity index (χ1v) is 9.19. The number of anilines is 2. The highest BCUT2D eigenvalue weighted by atomic mass is 35.5. The normalized spacial score (nSPS) is 21.5. The number of hydrogen-bond acceptors (Lipinski definition) is 6. The Morgan fingerprint density at radius 3 is 2.68 bits per heavy atom. The first-order chi connectivity index (χ1) is 13.4. The summed E-state index contributed by atoms with van der Waals surface area (Å²) in [5.41, 5.74) is 6.42. The predicted octanol–water partition coefficient (Wildman–Crippen LogP) is 3.03. The molecule has 0 unspecified atom stereocenters. The van der Waals surface area contributed by atoms with Crippen LogP contribution in [0.25, 0.3) is 0 Å². The summed E-state index contributed by atoms with van der Waals surface area (Å²) in [7, 11) is 1.34. The van der Waals surface area contributed by atoms with Crippen molar-refractivity contribution < 1.29 is 14.3 Å². The van der Waals surface area contributed by atoms with Crippen LogP contribution in [0.5, 0.6) is 0 Å². The largest absolute Gasteiger partial charge is 0.469 e. The van der Waals surface area contributed by atoms with Gasteiger partial charge in [0, 0.05) is 16.9 Å². The average molecular weight is 402 g/mol. The molecule has 1 saturated carbocycles. The van der Waals surface area contributed by atoms with E-state index >= 15 is 0 Å². The monoisotopic (exact) mass is 401 g/mol. The van der Waals surface area contributed by atoms with Crippen LogP contribution in [-0.2, 0) is 9.53 Å². The van der Waals surface area contributed by atoms with Crippen LogP contribution in [0.1, 0.15) is 35.7 Å². The number of esters is 1. The number of halogens is 1. The molecule has 1 fully saturated rings. The third-order valence-electron chi connectivity index (χ3n) is 4.96. The van der Waals surface area contributed by atoms with E-state index in [1.165, 1.54) is 7.11 Å². The number of hydrogen-bond donors (Lipinski definition) is 2. The Balaban J connectivity index is 1.86. The fourth-order valence-corrected chi connectivity index (χ4v) is 3.62. The molecule has 3 atom stereocenters. The van der Waals surface area contributed by atoms with Crippen LogP contribution in [0.3, 0.4) is 0 Å². The van der Waals surface area contributed by atoms with Gasteiger partial charge in [-0.05, 0) is 43.5 Å². The molecule has 0 radical (unpaired) electrons. The van der Waals surface area contributed by atoms with Gasteiger partial charge < -0.3 is 15.8 Å². The highest BCUT2D eigenvalue weighted by Crippen LogP contribution is 2.38. The van der Waals surface area contributed by atoms with Gasteiger partial charge in [-0.15, -0.1) is 0 Å². The van der Waals surface area contributed by atoms with Gasteiger partial charge in [0.05, 0.1) is 31.1 Å². The SMILES string of the molecule is COC(=O)[C@H]1CC[C@H](n2cc(C(N)=O)c(Nc3ccc(Cl)cc3)n2)[C@@H](C#N)C1. The summed E-state index contributed by atoms with van der Waals surface area (Å²) < 4.78 is 6.40. The number of nitrogens with zero attached hydrogens (tertiary/aromatic N) is 3. The number of carbonyl (C=O) groups excluding carboxylic acids is 2. The van der Waals surface area contributed by atoms with Gasteiger partial charge in [-0.25, -0.2) is 0 Å². The van der Waals surface area contributed by atoms with Gasteiger partial charge in [0.15, 0.2) is 5.82 Å². The van der Waals surface area contributed by atoms with E-state index in [4.69, 9.17) is 22.1 Å². The molecule has 146 valence electrons. The molecule has 3 rings (SSSR count). The van der Waals surface area contributed by atoms with Gasteiger partial charge in [0.25, 0.3) is 5.91 Å². The maximum absolute atomic E-state index is 11.9. The summed E-state index contributed by atoms with van der Waals surface area (Å²) in [5.74, 6) is -1.35. The standard InChI is InChI=1S/C19H20ClN5O3/c1-28-19(27)11-2-7-16(12(8-11)9-21)25-10-15(17(22)26)18(24-25)23-14-5-3-13(20)4-6-14/h3-6,10-12,16H,2,7-8H2,1H3,(H2,22,26)(H,23,24)/t11-,12+,16-/m0/s1. The first-order valence-electron chi connectivity index (χ1n) is 8.82. The van der Waals surface area contributed by atoms with Gasteiger partial charge in [0.2, 0.25) is 0 Å². The topological polar surface area (TPSA) is 123 Å². The van der Waals surface area contributed by atoms with Crippen molar-refractivity contribution in [3.63, 3.8) is 0 Å². The third-order valence-corrected chi connectivity index (χ3v) is 5.21. The Labute approximate surface area is 167 Å². The van der Waals surface area contributed by atoms with E-state index in [0.29, 0.717) is 35.8 Å². The zero-order chi connectivity index (χ0) is 20.3. The molecular weight excluding hydrogens is 382 g/mol. The summed E-state index contributed by atoms with van der Waals surface area (Å²) in [5, 5.41) is 17.7. The van der Waals surface area contributed by atoms with Crippen LogP contribution >= 0.6 is 11.6 Å². The molecule has 1 amide bonds. The van der Waals surface area contributed by atoms with E-state index < -0.39 is 11.8 Å². The molecule has 0 bridgehead atoms. The number of nitriles is 1. The van der Waals surface area contributed by atoms with Crippen molar-refractivity contribution in [2.24, 2.45) is 17.6 Å². The van der Waals surface area contributed by atoms with Gasteiger partial charge in [-0.2, -0.15) is 10.4 Å². The average Bonchev–Trinajstić information content (AvgIpc) is 3.12. The van der Waals surface area contributed by atoms with Crippen molar-refractivity contribution >= 4 is 35.0 Å². The summed E-state index contributed by atoms with van der Waals surface area (Å²) in [4.78, 5) is 23.7. The number of amides is 1. The van der Waals surface area contributed by atoms with Crippen LogP contribution < -0.4 is 11.1 Å². The van der Waals surface area contributed by atoms with E-state index in [0.717, 1.165) is 0 Å².